The van der Waals surface area contributed by atoms with Crippen LogP contribution >= 0.6 is 0 Å². The van der Waals surface area contributed by atoms with Crippen molar-refractivity contribution in [2.24, 2.45) is 16.8 Å². The highest BCUT2D eigenvalue weighted by molar-refractivity contribution is 5.99. The maximum atomic E-state index is 13.4. The fourth-order valence-corrected chi connectivity index (χ4v) is 4.04. The Morgan fingerprint density at radius 3 is 2.60 bits per heavy atom. The maximum Gasteiger partial charge on any atom is 0.270 e. The third kappa shape index (κ3) is 5.25. The molecule has 1 aromatic heterocycles. The quantitative estimate of drug-likeness (QED) is 0.155. The van der Waals surface area contributed by atoms with Crippen molar-refractivity contribution in [1.82, 2.24) is 26.0 Å². The number of aromatic nitrogens is 2. The third-order valence-electron chi connectivity index (χ3n) is 5.87. The smallest absolute Gasteiger partial charge is 0.270 e. The summed E-state index contributed by atoms with van der Waals surface area (Å²) in [7, 11) is 0. The highest BCUT2D eigenvalue weighted by Crippen LogP contribution is 2.32. The lowest BCUT2D eigenvalue weighted by molar-refractivity contribution is 0.0931. The number of nitrogens with two attached hydrogens (primary N) is 2. The van der Waals surface area contributed by atoms with Crippen LogP contribution in [0.1, 0.15) is 61.3 Å². The van der Waals surface area contributed by atoms with Crippen molar-refractivity contribution in [2.75, 3.05) is 0 Å². The average Bonchev–Trinajstić information content (AvgIpc) is 3.27. The zero-order valence-corrected chi connectivity index (χ0v) is 19.0. The van der Waals surface area contributed by atoms with Gasteiger partial charge in [0.15, 0.2) is 5.84 Å². The highest BCUT2D eigenvalue weighted by Gasteiger charge is 2.26. The molecule has 3 aromatic rings. The summed E-state index contributed by atoms with van der Waals surface area (Å²) in [6.45, 7) is 1.85. The average molecular weight is 477 g/mol. The van der Waals surface area contributed by atoms with E-state index in [4.69, 9.17) is 11.7 Å². The van der Waals surface area contributed by atoms with Crippen LogP contribution in [-0.4, -0.2) is 27.6 Å². The van der Waals surface area contributed by atoms with Gasteiger partial charge in [-0.15, -0.1) is 0 Å². The van der Waals surface area contributed by atoms with Gasteiger partial charge in [-0.3, -0.25) is 9.59 Å². The number of rotatable bonds is 6. The van der Waals surface area contributed by atoms with Gasteiger partial charge >= 0.3 is 0 Å². The number of amidine groups is 1. The number of halogens is 1. The molecule has 1 aliphatic carbocycles. The van der Waals surface area contributed by atoms with E-state index in [1.54, 1.807) is 19.1 Å². The third-order valence-corrected chi connectivity index (χ3v) is 5.87. The summed E-state index contributed by atoms with van der Waals surface area (Å²) < 4.78 is 13.4. The number of benzene rings is 2. The second kappa shape index (κ2) is 10.3. The van der Waals surface area contributed by atoms with Crippen molar-refractivity contribution in [2.45, 2.75) is 32.4 Å². The number of aryl methyl sites for hydroxylation is 2. The van der Waals surface area contributed by atoms with Crippen LogP contribution in [0.3, 0.4) is 0 Å². The van der Waals surface area contributed by atoms with Crippen LogP contribution in [0.15, 0.2) is 53.9 Å². The van der Waals surface area contributed by atoms with E-state index < -0.39 is 11.8 Å². The first kappa shape index (κ1) is 23.8. The van der Waals surface area contributed by atoms with Gasteiger partial charge in [-0.1, -0.05) is 24.3 Å². The molecule has 2 aromatic carbocycles. The molecular formula is C24H25FN8O2. The van der Waals surface area contributed by atoms with Crippen LogP contribution in [-0.2, 0) is 13.0 Å². The molecule has 1 atom stereocenters. The first-order valence-corrected chi connectivity index (χ1v) is 10.9. The molecular weight excluding hydrogens is 451 g/mol. The summed E-state index contributed by atoms with van der Waals surface area (Å²) in [4.78, 5) is 33.4. The summed E-state index contributed by atoms with van der Waals surface area (Å²) in [5.74, 6) is 9.96. The monoisotopic (exact) mass is 476 g/mol. The SMILES string of the molecule is Cc1cc(CNC(=O)c2cc(C(=O)NC3CCc4cc(/C(=N/N)NN)ccc43)ncn2)ccc1F. The van der Waals surface area contributed by atoms with E-state index in [1.165, 1.54) is 18.5 Å². The predicted molar refractivity (Wildman–Crippen MR) is 127 cm³/mol. The summed E-state index contributed by atoms with van der Waals surface area (Å²) in [5.41, 5.74) is 6.63. The largest absolute Gasteiger partial charge is 0.347 e. The van der Waals surface area contributed by atoms with Crippen molar-refractivity contribution in [3.05, 3.63) is 93.8 Å². The van der Waals surface area contributed by atoms with Crippen molar-refractivity contribution in [1.29, 1.82) is 0 Å². The Morgan fingerprint density at radius 2 is 1.89 bits per heavy atom. The lowest BCUT2D eigenvalue weighted by Crippen LogP contribution is -2.32. The van der Waals surface area contributed by atoms with Gasteiger partial charge in [0.25, 0.3) is 11.8 Å². The normalized spacial score (nSPS) is 14.8. The van der Waals surface area contributed by atoms with Crippen LogP contribution in [0.2, 0.25) is 0 Å². The van der Waals surface area contributed by atoms with E-state index in [1.807, 2.05) is 18.2 Å². The number of hydrogen-bond acceptors (Lipinski definition) is 7. The number of amides is 2. The second-order valence-corrected chi connectivity index (χ2v) is 8.16. The van der Waals surface area contributed by atoms with E-state index >= 15 is 0 Å². The van der Waals surface area contributed by atoms with Gasteiger partial charge in [0.05, 0.1) is 6.04 Å². The lowest BCUT2D eigenvalue weighted by Gasteiger charge is -2.15. The summed E-state index contributed by atoms with van der Waals surface area (Å²) >= 11 is 0. The van der Waals surface area contributed by atoms with E-state index in [0.29, 0.717) is 17.8 Å². The Bertz CT molecular complexity index is 1310. The van der Waals surface area contributed by atoms with Crippen LogP contribution in [0.5, 0.6) is 0 Å². The number of fused-ring (bicyclic) bond motifs is 1. The van der Waals surface area contributed by atoms with Gasteiger partial charge in [0, 0.05) is 18.2 Å². The van der Waals surface area contributed by atoms with Gasteiger partial charge < -0.3 is 21.9 Å². The molecule has 1 aliphatic rings. The Kier molecular flexibility index (Phi) is 6.97. The molecule has 0 saturated heterocycles. The molecule has 0 bridgehead atoms. The minimum atomic E-state index is -0.465. The first-order valence-electron chi connectivity index (χ1n) is 10.9. The molecule has 0 fully saturated rings. The van der Waals surface area contributed by atoms with Crippen LogP contribution in [0.4, 0.5) is 4.39 Å². The van der Waals surface area contributed by atoms with Gasteiger partial charge in [-0.2, -0.15) is 5.10 Å². The number of carbonyl (C=O) groups is 2. The van der Waals surface area contributed by atoms with Crippen molar-refractivity contribution >= 4 is 17.6 Å². The number of hydrogen-bond donors (Lipinski definition) is 5. The molecule has 4 rings (SSSR count). The molecule has 10 nitrogen and oxygen atoms in total. The Hall–Kier alpha value is -4.38. The predicted octanol–water partition coefficient (Wildman–Crippen LogP) is 1.36. The van der Waals surface area contributed by atoms with Gasteiger partial charge in [-0.25, -0.2) is 20.2 Å². The van der Waals surface area contributed by atoms with Crippen LogP contribution in [0, 0.1) is 12.7 Å². The topological polar surface area (TPSA) is 160 Å². The van der Waals surface area contributed by atoms with Gasteiger partial charge in [0.2, 0.25) is 0 Å². The molecule has 0 saturated carbocycles. The molecule has 0 spiro atoms. The standard InChI is InChI=1S/C24H25FN8O2/c1-13-8-14(2-6-18(13)25)11-28-23(34)20-10-21(30-12-29-20)24(35)31-19-7-4-15-9-16(3-5-17(15)19)22(32-26)33-27/h2-3,5-6,8-10,12,19H,4,7,11,26-27H2,1H3,(H,28,34)(H,31,35)(H,32,33). The molecule has 0 aliphatic heterocycles. The minimum absolute atomic E-state index is 0.0586. The summed E-state index contributed by atoms with van der Waals surface area (Å²) in [6.07, 6.45) is 2.65. The zero-order valence-electron chi connectivity index (χ0n) is 19.0. The van der Waals surface area contributed by atoms with E-state index in [0.717, 1.165) is 28.7 Å². The highest BCUT2D eigenvalue weighted by atomic mass is 19.1. The molecule has 1 unspecified atom stereocenters. The summed E-state index contributed by atoms with van der Waals surface area (Å²) in [5, 5.41) is 9.31. The molecule has 11 heteroatoms. The Labute approximate surface area is 201 Å². The molecule has 180 valence electrons. The van der Waals surface area contributed by atoms with Gasteiger partial charge in [0.1, 0.15) is 23.5 Å². The minimum Gasteiger partial charge on any atom is -0.347 e. The number of nitrogens with one attached hydrogen (secondary N) is 3. The van der Waals surface area contributed by atoms with Crippen LogP contribution in [0.25, 0.3) is 0 Å². The number of hydrazone groups is 1. The number of carbonyl (C=O) groups excluding carboxylic acids is 2. The Balaban J connectivity index is 1.41. The Morgan fingerprint density at radius 1 is 1.11 bits per heavy atom. The molecule has 35 heavy (non-hydrogen) atoms. The molecule has 2 amide bonds. The fourth-order valence-electron chi connectivity index (χ4n) is 4.04. The van der Waals surface area contributed by atoms with Crippen molar-refractivity contribution in [3.8, 4) is 0 Å². The van der Waals surface area contributed by atoms with Crippen LogP contribution < -0.4 is 27.7 Å². The van der Waals surface area contributed by atoms with E-state index in [2.05, 4.69) is 31.1 Å². The molecule has 7 N–H and O–H groups in total. The number of hydrazine groups is 1. The fraction of sp³-hybridized carbons (Fsp3) is 0.208. The zero-order chi connectivity index (χ0) is 24.9. The molecule has 1 heterocycles. The lowest BCUT2D eigenvalue weighted by atomic mass is 10.0. The number of nitrogens with zero attached hydrogens (tertiary/aromatic N) is 3. The maximum absolute atomic E-state index is 13.4. The van der Waals surface area contributed by atoms with E-state index in [9.17, 15) is 14.0 Å². The second-order valence-electron chi connectivity index (χ2n) is 8.16. The van der Waals surface area contributed by atoms with Crippen molar-refractivity contribution < 1.29 is 14.0 Å². The van der Waals surface area contributed by atoms with Gasteiger partial charge in [-0.05, 0) is 54.2 Å². The van der Waals surface area contributed by atoms with E-state index in [-0.39, 0.29) is 29.8 Å². The van der Waals surface area contributed by atoms with Crippen molar-refractivity contribution in [3.63, 3.8) is 0 Å². The summed E-state index contributed by atoms with van der Waals surface area (Å²) in [6, 6.07) is 11.4. The first-order chi connectivity index (χ1) is 16.9. The molecule has 0 radical (unpaired) electrons.